The van der Waals surface area contributed by atoms with Crippen LogP contribution in [-0.2, 0) is 9.47 Å². The molecule has 6 heteroatoms. The molecule has 3 rings (SSSR count). The van der Waals surface area contributed by atoms with Crippen molar-refractivity contribution in [3.8, 4) is 0 Å². The molecular formula is C12H9NO5. The maximum absolute atomic E-state index is 12.0. The number of cyclic esters (lactones) is 2. The smallest absolute Gasteiger partial charge is 0.430 e. The third-order valence-electron chi connectivity index (χ3n) is 2.91. The lowest BCUT2D eigenvalue weighted by Gasteiger charge is -2.15. The highest BCUT2D eigenvalue weighted by molar-refractivity contribution is 6.21. The summed E-state index contributed by atoms with van der Waals surface area (Å²) in [7, 11) is 0. The quantitative estimate of drug-likeness (QED) is 0.571. The van der Waals surface area contributed by atoms with Crippen LogP contribution < -0.4 is 0 Å². The highest BCUT2D eigenvalue weighted by Gasteiger charge is 2.38. The molecule has 2 amide bonds. The minimum Gasteiger partial charge on any atom is -0.430 e. The SMILES string of the molecule is O=C1OCC(CN2C(=O)c3ccccc3C2=O)O1. The van der Waals surface area contributed by atoms with Crippen LogP contribution in [0.3, 0.4) is 0 Å². The minimum atomic E-state index is -0.767. The number of fused-ring (bicyclic) bond motifs is 1. The number of amides is 2. The van der Waals surface area contributed by atoms with Gasteiger partial charge in [-0.1, -0.05) is 12.1 Å². The monoisotopic (exact) mass is 247 g/mol. The molecular weight excluding hydrogens is 238 g/mol. The fourth-order valence-electron chi connectivity index (χ4n) is 2.06. The summed E-state index contributed by atoms with van der Waals surface area (Å²) in [5.74, 6) is -0.725. The summed E-state index contributed by atoms with van der Waals surface area (Å²) in [6.07, 6.45) is -1.35. The highest BCUT2D eigenvalue weighted by Crippen LogP contribution is 2.23. The predicted molar refractivity (Wildman–Crippen MR) is 58.0 cm³/mol. The van der Waals surface area contributed by atoms with Gasteiger partial charge in [-0.25, -0.2) is 4.79 Å². The molecule has 2 aliphatic heterocycles. The Hall–Kier alpha value is -2.37. The molecule has 1 aromatic rings. The van der Waals surface area contributed by atoms with Crippen molar-refractivity contribution in [1.29, 1.82) is 0 Å². The van der Waals surface area contributed by atoms with Crippen LogP contribution in [0.5, 0.6) is 0 Å². The number of benzene rings is 1. The summed E-state index contributed by atoms with van der Waals surface area (Å²) >= 11 is 0. The summed E-state index contributed by atoms with van der Waals surface area (Å²) in [6.45, 7) is 0.0876. The summed E-state index contributed by atoms with van der Waals surface area (Å²) in [5.41, 5.74) is 0.764. The number of hydrogen-bond donors (Lipinski definition) is 0. The normalized spacial score (nSPS) is 21.9. The summed E-state index contributed by atoms with van der Waals surface area (Å²) < 4.78 is 9.42. The van der Waals surface area contributed by atoms with Crippen molar-refractivity contribution >= 4 is 18.0 Å². The van der Waals surface area contributed by atoms with Gasteiger partial charge in [0.05, 0.1) is 17.7 Å². The molecule has 0 radical (unpaired) electrons. The largest absolute Gasteiger partial charge is 0.508 e. The Balaban J connectivity index is 1.82. The molecule has 0 spiro atoms. The second kappa shape index (κ2) is 3.83. The lowest BCUT2D eigenvalue weighted by atomic mass is 10.1. The summed E-state index contributed by atoms with van der Waals surface area (Å²) in [4.78, 5) is 35.9. The number of hydrogen-bond acceptors (Lipinski definition) is 5. The number of imide groups is 1. The molecule has 0 bridgehead atoms. The van der Waals surface area contributed by atoms with E-state index in [1.165, 1.54) is 0 Å². The van der Waals surface area contributed by atoms with E-state index in [-0.39, 0.29) is 25.0 Å². The van der Waals surface area contributed by atoms with Crippen molar-refractivity contribution in [1.82, 2.24) is 4.90 Å². The van der Waals surface area contributed by atoms with Crippen LogP contribution in [-0.4, -0.2) is 42.1 Å². The van der Waals surface area contributed by atoms with E-state index in [0.717, 1.165) is 4.90 Å². The van der Waals surface area contributed by atoms with Crippen LogP contribution in [0.4, 0.5) is 4.79 Å². The van der Waals surface area contributed by atoms with Crippen LogP contribution in [0.2, 0.25) is 0 Å². The molecule has 1 saturated heterocycles. The Morgan fingerprint density at radius 1 is 1.11 bits per heavy atom. The Morgan fingerprint density at radius 2 is 1.72 bits per heavy atom. The van der Waals surface area contributed by atoms with E-state index in [2.05, 4.69) is 4.74 Å². The van der Waals surface area contributed by atoms with Gasteiger partial charge in [0.15, 0.2) is 6.10 Å². The van der Waals surface area contributed by atoms with Gasteiger partial charge in [0.2, 0.25) is 0 Å². The first kappa shape index (κ1) is 10.8. The van der Waals surface area contributed by atoms with Gasteiger partial charge in [-0.3, -0.25) is 14.5 Å². The van der Waals surface area contributed by atoms with Crippen molar-refractivity contribution in [2.75, 3.05) is 13.2 Å². The Bertz CT molecular complexity index is 518. The lowest BCUT2D eigenvalue weighted by molar-refractivity contribution is 0.0558. The third kappa shape index (κ3) is 1.54. The van der Waals surface area contributed by atoms with Crippen molar-refractivity contribution in [2.45, 2.75) is 6.10 Å². The molecule has 1 aromatic carbocycles. The van der Waals surface area contributed by atoms with E-state index >= 15 is 0 Å². The van der Waals surface area contributed by atoms with Gasteiger partial charge in [-0.15, -0.1) is 0 Å². The molecule has 0 aliphatic carbocycles. The summed E-state index contributed by atoms with van der Waals surface area (Å²) in [6, 6.07) is 6.61. The topological polar surface area (TPSA) is 72.9 Å². The zero-order valence-corrected chi connectivity index (χ0v) is 9.29. The maximum atomic E-state index is 12.0. The average molecular weight is 247 g/mol. The third-order valence-corrected chi connectivity index (χ3v) is 2.91. The lowest BCUT2D eigenvalue weighted by Crippen LogP contribution is -2.37. The zero-order valence-electron chi connectivity index (χ0n) is 9.29. The molecule has 0 saturated carbocycles. The highest BCUT2D eigenvalue weighted by atomic mass is 16.8. The minimum absolute atomic E-state index is 0.0259. The van der Waals surface area contributed by atoms with Gasteiger partial charge < -0.3 is 9.47 Å². The fraction of sp³-hybridized carbons (Fsp3) is 0.250. The number of carbonyl (C=O) groups is 3. The molecule has 0 N–H and O–H groups in total. The Morgan fingerprint density at radius 3 is 2.22 bits per heavy atom. The number of ether oxygens (including phenoxy) is 2. The van der Waals surface area contributed by atoms with E-state index in [0.29, 0.717) is 11.1 Å². The van der Waals surface area contributed by atoms with Gasteiger partial charge >= 0.3 is 6.16 Å². The Kier molecular flexibility index (Phi) is 2.29. The van der Waals surface area contributed by atoms with Crippen molar-refractivity contribution in [2.24, 2.45) is 0 Å². The summed E-state index contributed by atoms with van der Waals surface area (Å²) in [5, 5.41) is 0. The Labute approximate surface area is 102 Å². The van der Waals surface area contributed by atoms with Crippen LogP contribution in [0.15, 0.2) is 24.3 Å². The molecule has 2 heterocycles. The number of nitrogens with zero attached hydrogens (tertiary/aromatic N) is 1. The van der Waals surface area contributed by atoms with Crippen molar-refractivity contribution < 1.29 is 23.9 Å². The standard InChI is InChI=1S/C12H9NO5/c14-10-8-3-1-2-4-9(8)11(15)13(10)5-7-6-17-12(16)18-7/h1-4,7H,5-6H2. The van der Waals surface area contributed by atoms with Gasteiger partial charge in [0.1, 0.15) is 6.61 Å². The van der Waals surface area contributed by atoms with E-state index in [9.17, 15) is 14.4 Å². The first-order valence-electron chi connectivity index (χ1n) is 5.45. The van der Waals surface area contributed by atoms with E-state index in [4.69, 9.17) is 4.74 Å². The first-order chi connectivity index (χ1) is 8.66. The average Bonchev–Trinajstić information content (AvgIpc) is 2.88. The zero-order chi connectivity index (χ0) is 12.7. The fourth-order valence-corrected chi connectivity index (χ4v) is 2.06. The number of rotatable bonds is 2. The van der Waals surface area contributed by atoms with E-state index < -0.39 is 12.3 Å². The van der Waals surface area contributed by atoms with E-state index in [1.54, 1.807) is 24.3 Å². The van der Waals surface area contributed by atoms with Gasteiger partial charge in [-0.05, 0) is 12.1 Å². The second-order valence-electron chi connectivity index (χ2n) is 4.07. The molecule has 18 heavy (non-hydrogen) atoms. The van der Waals surface area contributed by atoms with Gasteiger partial charge in [0.25, 0.3) is 11.8 Å². The second-order valence-corrected chi connectivity index (χ2v) is 4.07. The van der Waals surface area contributed by atoms with E-state index in [1.807, 2.05) is 0 Å². The predicted octanol–water partition coefficient (Wildman–Crippen LogP) is 0.818. The molecule has 1 unspecified atom stereocenters. The molecule has 2 aliphatic rings. The molecule has 1 fully saturated rings. The van der Waals surface area contributed by atoms with Gasteiger partial charge in [-0.2, -0.15) is 0 Å². The van der Waals surface area contributed by atoms with Crippen LogP contribution >= 0.6 is 0 Å². The van der Waals surface area contributed by atoms with Crippen LogP contribution in [0.25, 0.3) is 0 Å². The molecule has 92 valence electrons. The maximum Gasteiger partial charge on any atom is 0.508 e. The molecule has 0 aromatic heterocycles. The first-order valence-corrected chi connectivity index (χ1v) is 5.45. The van der Waals surface area contributed by atoms with Crippen molar-refractivity contribution in [3.63, 3.8) is 0 Å². The van der Waals surface area contributed by atoms with Crippen LogP contribution in [0.1, 0.15) is 20.7 Å². The number of carbonyl (C=O) groups excluding carboxylic acids is 3. The van der Waals surface area contributed by atoms with Gasteiger partial charge in [0, 0.05) is 0 Å². The molecule has 1 atom stereocenters. The molecule has 6 nitrogen and oxygen atoms in total. The van der Waals surface area contributed by atoms with Crippen LogP contribution in [0, 0.1) is 0 Å². The van der Waals surface area contributed by atoms with Crippen molar-refractivity contribution in [3.05, 3.63) is 35.4 Å².